The van der Waals surface area contributed by atoms with E-state index in [2.05, 4.69) is 53.5 Å². The fourth-order valence-corrected chi connectivity index (χ4v) is 5.97. The molecule has 3 aromatic heterocycles. The molecule has 7 heteroatoms. The Morgan fingerprint density at radius 3 is 2.83 bits per heavy atom. The Kier molecular flexibility index (Phi) is 5.13. The molecule has 2 aliphatic heterocycles. The first kappa shape index (κ1) is 21.7. The van der Waals surface area contributed by atoms with Gasteiger partial charge < -0.3 is 9.64 Å². The molecule has 0 saturated carbocycles. The van der Waals surface area contributed by atoms with Gasteiger partial charge in [0.2, 0.25) is 0 Å². The number of carbonyl (C=O) groups excluding carboxylic acids is 1. The van der Waals surface area contributed by atoms with Crippen molar-refractivity contribution in [1.29, 1.82) is 0 Å². The zero-order chi connectivity index (χ0) is 24.2. The maximum atomic E-state index is 12.5. The van der Waals surface area contributed by atoms with Gasteiger partial charge in [0.1, 0.15) is 17.3 Å². The summed E-state index contributed by atoms with van der Waals surface area (Å²) in [6.07, 6.45) is 6.94. The van der Waals surface area contributed by atoms with Crippen LogP contribution < -0.4 is 0 Å². The number of amides is 1. The Labute approximate surface area is 209 Å². The van der Waals surface area contributed by atoms with E-state index in [1.807, 2.05) is 11.1 Å². The van der Waals surface area contributed by atoms with E-state index >= 15 is 0 Å². The van der Waals surface area contributed by atoms with Crippen molar-refractivity contribution in [3.63, 3.8) is 0 Å². The van der Waals surface area contributed by atoms with Crippen LogP contribution in [0.3, 0.4) is 0 Å². The normalized spacial score (nSPS) is 19.6. The quantitative estimate of drug-likeness (QED) is 0.463. The number of H-pyrrole nitrogens is 1. The molecule has 0 spiro atoms. The molecule has 5 heterocycles. The molecule has 1 aliphatic carbocycles. The summed E-state index contributed by atoms with van der Waals surface area (Å²) in [5.74, 6) is 0.400. The predicted molar refractivity (Wildman–Crippen MR) is 138 cm³/mol. The second-order valence-corrected chi connectivity index (χ2v) is 10.3. The SMILES string of the molecule is Cc1cc2[nH]nc(-c3ccc(C4CN(C(=O)C5CCCO5)C4)nc3)c2nc1-c1cccc2c1CCC2. The number of carbonyl (C=O) groups is 1. The Hall–Kier alpha value is -3.58. The van der Waals surface area contributed by atoms with E-state index in [0.29, 0.717) is 19.7 Å². The van der Waals surface area contributed by atoms with Crippen LogP contribution in [-0.2, 0) is 22.4 Å². The van der Waals surface area contributed by atoms with Crippen LogP contribution >= 0.6 is 0 Å². The van der Waals surface area contributed by atoms with Gasteiger partial charge in [-0.2, -0.15) is 5.10 Å². The number of hydrogen-bond acceptors (Lipinski definition) is 5. The van der Waals surface area contributed by atoms with Crippen LogP contribution in [0.15, 0.2) is 42.6 Å². The van der Waals surface area contributed by atoms with E-state index in [9.17, 15) is 4.79 Å². The van der Waals surface area contributed by atoms with Gasteiger partial charge >= 0.3 is 0 Å². The zero-order valence-corrected chi connectivity index (χ0v) is 20.5. The van der Waals surface area contributed by atoms with E-state index in [0.717, 1.165) is 64.9 Å². The maximum absolute atomic E-state index is 12.5. The third-order valence-electron chi connectivity index (χ3n) is 8.00. The number of pyridine rings is 2. The van der Waals surface area contributed by atoms with Gasteiger partial charge in [-0.15, -0.1) is 0 Å². The molecule has 0 radical (unpaired) electrons. The van der Waals surface area contributed by atoms with Gasteiger partial charge in [0.25, 0.3) is 5.91 Å². The van der Waals surface area contributed by atoms with Gasteiger partial charge in [-0.1, -0.05) is 18.2 Å². The van der Waals surface area contributed by atoms with Crippen molar-refractivity contribution in [2.24, 2.45) is 0 Å². The maximum Gasteiger partial charge on any atom is 0.251 e. The van der Waals surface area contributed by atoms with E-state index < -0.39 is 0 Å². The Bertz CT molecular complexity index is 1460. The average Bonchev–Trinajstić information content (AvgIpc) is 3.63. The molecule has 1 aromatic carbocycles. The lowest BCUT2D eigenvalue weighted by Gasteiger charge is -2.40. The van der Waals surface area contributed by atoms with Crippen molar-refractivity contribution < 1.29 is 9.53 Å². The second kappa shape index (κ2) is 8.52. The van der Waals surface area contributed by atoms with Crippen molar-refractivity contribution >= 4 is 16.9 Å². The van der Waals surface area contributed by atoms with Crippen LogP contribution in [0.2, 0.25) is 0 Å². The van der Waals surface area contributed by atoms with Crippen LogP contribution in [0.1, 0.15) is 47.6 Å². The molecule has 1 N–H and O–H groups in total. The van der Waals surface area contributed by atoms with Gasteiger partial charge in [0.05, 0.1) is 11.2 Å². The largest absolute Gasteiger partial charge is 0.368 e. The summed E-state index contributed by atoms with van der Waals surface area (Å²) in [6, 6.07) is 12.9. The van der Waals surface area contributed by atoms with E-state index in [-0.39, 0.29) is 17.9 Å². The summed E-state index contributed by atoms with van der Waals surface area (Å²) in [5.41, 5.74) is 10.9. The topological polar surface area (TPSA) is 84.0 Å². The van der Waals surface area contributed by atoms with Gasteiger partial charge in [0.15, 0.2) is 0 Å². The summed E-state index contributed by atoms with van der Waals surface area (Å²) >= 11 is 0. The van der Waals surface area contributed by atoms with Crippen LogP contribution in [0.5, 0.6) is 0 Å². The fraction of sp³-hybridized carbons (Fsp3) is 0.379. The van der Waals surface area contributed by atoms with Crippen molar-refractivity contribution in [2.75, 3.05) is 19.7 Å². The molecule has 2 saturated heterocycles. The van der Waals surface area contributed by atoms with Crippen molar-refractivity contribution in [1.82, 2.24) is 25.1 Å². The molecule has 3 aliphatic rings. The first-order valence-electron chi connectivity index (χ1n) is 13.0. The number of nitrogens with one attached hydrogen (secondary N) is 1. The monoisotopic (exact) mass is 479 g/mol. The van der Waals surface area contributed by atoms with Crippen molar-refractivity contribution in [2.45, 2.75) is 51.0 Å². The number of benzene rings is 1. The highest BCUT2D eigenvalue weighted by Gasteiger charge is 2.37. The lowest BCUT2D eigenvalue weighted by molar-refractivity contribution is -0.145. The number of fused-ring (bicyclic) bond motifs is 2. The Morgan fingerprint density at radius 2 is 2.03 bits per heavy atom. The Morgan fingerprint density at radius 1 is 1.11 bits per heavy atom. The van der Waals surface area contributed by atoms with Gasteiger partial charge in [-0.3, -0.25) is 14.9 Å². The van der Waals surface area contributed by atoms with Crippen molar-refractivity contribution in [3.05, 3.63) is 65.0 Å². The van der Waals surface area contributed by atoms with Gasteiger partial charge in [-0.25, -0.2) is 4.98 Å². The summed E-state index contributed by atoms with van der Waals surface area (Å²) in [5, 5.41) is 7.77. The number of ether oxygens (including phenoxy) is 1. The molecule has 7 nitrogen and oxygen atoms in total. The van der Waals surface area contributed by atoms with Gasteiger partial charge in [-0.05, 0) is 73.9 Å². The summed E-state index contributed by atoms with van der Waals surface area (Å²) in [7, 11) is 0. The lowest BCUT2D eigenvalue weighted by atomic mass is 9.94. The van der Waals surface area contributed by atoms with E-state index in [4.69, 9.17) is 14.7 Å². The standard InChI is InChI=1S/C29H29N5O2/c1-17-13-24-28(31-26(17)22-8-3-6-18-5-2-7-21(18)22)27(33-32-24)19-10-11-23(30-14-19)20-15-34(16-20)29(35)25-9-4-12-36-25/h3,6,8,10-11,13-14,20,25H,2,4-5,7,9,12,15-16H2,1H3,(H,32,33). The minimum Gasteiger partial charge on any atom is -0.368 e. The van der Waals surface area contributed by atoms with Crippen LogP contribution in [0, 0.1) is 6.92 Å². The molecule has 4 aromatic rings. The summed E-state index contributed by atoms with van der Waals surface area (Å²) in [4.78, 5) is 24.3. The molecule has 36 heavy (non-hydrogen) atoms. The first-order chi connectivity index (χ1) is 17.7. The minimum absolute atomic E-state index is 0.129. The van der Waals surface area contributed by atoms with E-state index in [1.54, 1.807) is 0 Å². The fourth-order valence-electron chi connectivity index (χ4n) is 5.97. The number of hydrogen-bond donors (Lipinski definition) is 1. The zero-order valence-electron chi connectivity index (χ0n) is 20.5. The smallest absolute Gasteiger partial charge is 0.251 e. The molecule has 7 rings (SSSR count). The summed E-state index contributed by atoms with van der Waals surface area (Å²) in [6.45, 7) is 4.24. The number of aryl methyl sites for hydroxylation is 2. The number of nitrogens with zero attached hydrogens (tertiary/aromatic N) is 4. The van der Waals surface area contributed by atoms with E-state index in [1.165, 1.54) is 23.1 Å². The molecule has 1 unspecified atom stereocenters. The number of likely N-dealkylation sites (tertiary alicyclic amines) is 1. The van der Waals surface area contributed by atoms with Crippen LogP contribution in [0.25, 0.3) is 33.5 Å². The van der Waals surface area contributed by atoms with Crippen LogP contribution in [-0.4, -0.2) is 56.8 Å². The number of aromatic nitrogens is 4. The highest BCUT2D eigenvalue weighted by molar-refractivity contribution is 5.92. The van der Waals surface area contributed by atoms with Crippen LogP contribution in [0.4, 0.5) is 0 Å². The number of aromatic amines is 1. The molecule has 182 valence electrons. The average molecular weight is 480 g/mol. The molecule has 1 atom stereocenters. The highest BCUT2D eigenvalue weighted by atomic mass is 16.5. The Balaban J connectivity index is 1.15. The predicted octanol–water partition coefficient (Wildman–Crippen LogP) is 4.59. The highest BCUT2D eigenvalue weighted by Crippen LogP contribution is 2.36. The summed E-state index contributed by atoms with van der Waals surface area (Å²) < 4.78 is 5.55. The third kappa shape index (κ3) is 3.53. The molecule has 1 amide bonds. The second-order valence-electron chi connectivity index (χ2n) is 10.3. The molecule has 0 bridgehead atoms. The lowest BCUT2D eigenvalue weighted by Crippen LogP contribution is -2.52. The minimum atomic E-state index is -0.243. The molecule has 2 fully saturated rings. The number of rotatable bonds is 4. The third-order valence-corrected chi connectivity index (χ3v) is 8.00. The van der Waals surface area contributed by atoms with Gasteiger partial charge in [0, 0.05) is 48.6 Å². The molecular weight excluding hydrogens is 450 g/mol. The first-order valence-corrected chi connectivity index (χ1v) is 13.0. The molecular formula is C29H29N5O2. The van der Waals surface area contributed by atoms with Crippen molar-refractivity contribution in [3.8, 4) is 22.5 Å².